The molecule has 0 bridgehead atoms. The van der Waals surface area contributed by atoms with Gasteiger partial charge < -0.3 is 5.32 Å². The van der Waals surface area contributed by atoms with Gasteiger partial charge in [-0.15, -0.1) is 11.6 Å². The highest BCUT2D eigenvalue weighted by molar-refractivity contribution is 6.17. The molecule has 0 radical (unpaired) electrons. The Morgan fingerprint density at radius 1 is 1.43 bits per heavy atom. The summed E-state index contributed by atoms with van der Waals surface area (Å²) in [5, 5.41) is 3.41. The molecule has 0 heterocycles. The van der Waals surface area contributed by atoms with Crippen LogP contribution in [-0.2, 0) is 5.88 Å². The third kappa shape index (κ3) is 3.59. The summed E-state index contributed by atoms with van der Waals surface area (Å²) < 4.78 is 0. The molecular weight excluding hydrogens is 194 g/mol. The maximum absolute atomic E-state index is 5.76. The Balaban J connectivity index is 2.50. The van der Waals surface area contributed by atoms with Gasteiger partial charge in [-0.25, -0.2) is 0 Å². The van der Waals surface area contributed by atoms with Crippen LogP contribution in [0.3, 0.4) is 0 Å². The summed E-state index contributed by atoms with van der Waals surface area (Å²) in [5.74, 6) is 1.30. The van der Waals surface area contributed by atoms with Crippen LogP contribution < -0.4 is 5.32 Å². The number of benzene rings is 1. The first-order chi connectivity index (χ1) is 6.76. The standard InChI is InChI=1S/C12H18ClN/c1-3-10(2)9-14-12-6-4-5-11(7-12)8-13/h4-7,10,14H,3,8-9H2,1-2H3. The Kier molecular flexibility index (Phi) is 4.81. The van der Waals surface area contributed by atoms with Gasteiger partial charge >= 0.3 is 0 Å². The van der Waals surface area contributed by atoms with Crippen molar-refractivity contribution < 1.29 is 0 Å². The fourth-order valence-electron chi connectivity index (χ4n) is 1.20. The maximum atomic E-state index is 5.76. The lowest BCUT2D eigenvalue weighted by molar-refractivity contribution is 0.593. The van der Waals surface area contributed by atoms with Crippen LogP contribution in [0.4, 0.5) is 5.69 Å². The van der Waals surface area contributed by atoms with Crippen molar-refractivity contribution in [3.8, 4) is 0 Å². The molecule has 2 heteroatoms. The monoisotopic (exact) mass is 211 g/mol. The molecule has 1 nitrogen and oxygen atoms in total. The molecule has 1 N–H and O–H groups in total. The quantitative estimate of drug-likeness (QED) is 0.729. The molecule has 1 aromatic carbocycles. The van der Waals surface area contributed by atoms with Gasteiger partial charge in [0.2, 0.25) is 0 Å². The average Bonchev–Trinajstić information content (AvgIpc) is 2.26. The van der Waals surface area contributed by atoms with E-state index in [0.717, 1.165) is 12.5 Å². The number of rotatable bonds is 5. The van der Waals surface area contributed by atoms with Gasteiger partial charge in [0.1, 0.15) is 0 Å². The summed E-state index contributed by atoms with van der Waals surface area (Å²) in [6.07, 6.45) is 1.21. The SMILES string of the molecule is CCC(C)CNc1cccc(CCl)c1. The lowest BCUT2D eigenvalue weighted by atomic mass is 10.1. The van der Waals surface area contributed by atoms with Crippen molar-refractivity contribution in [3.05, 3.63) is 29.8 Å². The number of hydrogen-bond acceptors (Lipinski definition) is 1. The number of hydrogen-bond donors (Lipinski definition) is 1. The van der Waals surface area contributed by atoms with E-state index >= 15 is 0 Å². The highest BCUT2D eigenvalue weighted by Gasteiger charge is 1.98. The van der Waals surface area contributed by atoms with Crippen LogP contribution in [0.5, 0.6) is 0 Å². The molecule has 14 heavy (non-hydrogen) atoms. The van der Waals surface area contributed by atoms with Crippen molar-refractivity contribution >= 4 is 17.3 Å². The zero-order valence-corrected chi connectivity index (χ0v) is 9.64. The van der Waals surface area contributed by atoms with Crippen molar-refractivity contribution in [2.24, 2.45) is 5.92 Å². The fourth-order valence-corrected chi connectivity index (χ4v) is 1.37. The second-order valence-electron chi connectivity index (χ2n) is 3.73. The zero-order valence-electron chi connectivity index (χ0n) is 8.89. The minimum atomic E-state index is 0.582. The zero-order chi connectivity index (χ0) is 10.4. The predicted octanol–water partition coefficient (Wildman–Crippen LogP) is 3.88. The molecule has 0 aliphatic heterocycles. The van der Waals surface area contributed by atoms with Crippen LogP contribution in [-0.4, -0.2) is 6.54 Å². The first kappa shape index (κ1) is 11.4. The van der Waals surface area contributed by atoms with Crippen LogP contribution in [0.25, 0.3) is 0 Å². The van der Waals surface area contributed by atoms with Crippen LogP contribution in [0.15, 0.2) is 24.3 Å². The molecule has 0 fully saturated rings. The van der Waals surface area contributed by atoms with E-state index in [2.05, 4.69) is 31.3 Å². The lowest BCUT2D eigenvalue weighted by Gasteiger charge is -2.11. The number of halogens is 1. The number of anilines is 1. The smallest absolute Gasteiger partial charge is 0.0474 e. The van der Waals surface area contributed by atoms with Crippen molar-refractivity contribution in [3.63, 3.8) is 0 Å². The van der Waals surface area contributed by atoms with E-state index in [1.807, 2.05) is 12.1 Å². The van der Waals surface area contributed by atoms with Crippen LogP contribution in [0, 0.1) is 5.92 Å². The first-order valence-electron chi connectivity index (χ1n) is 5.15. The first-order valence-corrected chi connectivity index (χ1v) is 5.68. The fraction of sp³-hybridized carbons (Fsp3) is 0.500. The van der Waals surface area contributed by atoms with Gasteiger partial charge in [-0.05, 0) is 23.6 Å². The summed E-state index contributed by atoms with van der Waals surface area (Å²) in [6.45, 7) is 5.49. The minimum absolute atomic E-state index is 0.582. The molecule has 0 spiro atoms. The highest BCUT2D eigenvalue weighted by atomic mass is 35.5. The van der Waals surface area contributed by atoms with E-state index in [4.69, 9.17) is 11.6 Å². The Morgan fingerprint density at radius 2 is 2.21 bits per heavy atom. The van der Waals surface area contributed by atoms with E-state index < -0.39 is 0 Å². The minimum Gasteiger partial charge on any atom is -0.385 e. The Hall–Kier alpha value is -0.690. The summed E-state index contributed by atoms with van der Waals surface area (Å²) in [5.41, 5.74) is 2.34. The average molecular weight is 212 g/mol. The van der Waals surface area contributed by atoms with E-state index in [9.17, 15) is 0 Å². The Labute approximate surface area is 91.5 Å². The van der Waals surface area contributed by atoms with Gasteiger partial charge in [-0.1, -0.05) is 32.4 Å². The second-order valence-corrected chi connectivity index (χ2v) is 4.00. The van der Waals surface area contributed by atoms with Crippen molar-refractivity contribution in [2.75, 3.05) is 11.9 Å². The molecule has 0 aromatic heterocycles. The largest absolute Gasteiger partial charge is 0.385 e. The topological polar surface area (TPSA) is 12.0 Å². The second kappa shape index (κ2) is 5.92. The van der Waals surface area contributed by atoms with Crippen molar-refractivity contribution in [2.45, 2.75) is 26.1 Å². The molecule has 1 atom stereocenters. The molecule has 1 rings (SSSR count). The molecule has 0 aliphatic carbocycles. The Bertz CT molecular complexity index is 273. The van der Waals surface area contributed by atoms with E-state index in [1.54, 1.807) is 0 Å². The summed E-state index contributed by atoms with van der Waals surface area (Å²) >= 11 is 5.76. The third-order valence-electron chi connectivity index (χ3n) is 2.43. The molecular formula is C12H18ClN. The molecule has 0 saturated heterocycles. The van der Waals surface area contributed by atoms with Gasteiger partial charge in [0, 0.05) is 18.1 Å². The van der Waals surface area contributed by atoms with Gasteiger partial charge in [0.25, 0.3) is 0 Å². The van der Waals surface area contributed by atoms with E-state index in [-0.39, 0.29) is 0 Å². The van der Waals surface area contributed by atoms with Crippen molar-refractivity contribution in [1.29, 1.82) is 0 Å². The lowest BCUT2D eigenvalue weighted by Crippen LogP contribution is -2.10. The third-order valence-corrected chi connectivity index (χ3v) is 2.74. The van der Waals surface area contributed by atoms with Gasteiger partial charge in [-0.3, -0.25) is 0 Å². The Morgan fingerprint density at radius 3 is 2.86 bits per heavy atom. The maximum Gasteiger partial charge on any atom is 0.0474 e. The summed E-state index contributed by atoms with van der Waals surface area (Å²) in [4.78, 5) is 0. The predicted molar refractivity (Wildman–Crippen MR) is 63.9 cm³/mol. The number of nitrogens with one attached hydrogen (secondary N) is 1. The molecule has 0 amide bonds. The highest BCUT2D eigenvalue weighted by Crippen LogP contribution is 2.13. The van der Waals surface area contributed by atoms with E-state index in [1.165, 1.54) is 17.7 Å². The van der Waals surface area contributed by atoms with Gasteiger partial charge in [0.15, 0.2) is 0 Å². The molecule has 0 aliphatic rings. The summed E-state index contributed by atoms with van der Waals surface area (Å²) in [6, 6.07) is 8.27. The van der Waals surface area contributed by atoms with Crippen LogP contribution in [0.2, 0.25) is 0 Å². The van der Waals surface area contributed by atoms with Gasteiger partial charge in [-0.2, -0.15) is 0 Å². The molecule has 1 unspecified atom stereocenters. The van der Waals surface area contributed by atoms with Crippen LogP contribution in [0.1, 0.15) is 25.8 Å². The normalized spacial score (nSPS) is 12.5. The molecule has 0 saturated carbocycles. The molecule has 78 valence electrons. The number of alkyl halides is 1. The van der Waals surface area contributed by atoms with Crippen LogP contribution >= 0.6 is 11.6 Å². The van der Waals surface area contributed by atoms with Gasteiger partial charge in [0.05, 0.1) is 0 Å². The van der Waals surface area contributed by atoms with Crippen molar-refractivity contribution in [1.82, 2.24) is 0 Å². The molecule has 1 aromatic rings. The van der Waals surface area contributed by atoms with E-state index in [0.29, 0.717) is 5.88 Å². The summed E-state index contributed by atoms with van der Waals surface area (Å²) in [7, 11) is 0.